The van der Waals surface area contributed by atoms with Gasteiger partial charge < -0.3 is 10.2 Å². The third kappa shape index (κ3) is 4.42. The highest BCUT2D eigenvalue weighted by Crippen LogP contribution is 2.25. The Morgan fingerprint density at radius 2 is 1.33 bits per heavy atom. The van der Waals surface area contributed by atoms with Gasteiger partial charge in [0.15, 0.2) is 0 Å². The number of hydrogen-bond acceptors (Lipinski definition) is 4. The van der Waals surface area contributed by atoms with E-state index < -0.39 is 0 Å². The minimum absolute atomic E-state index is 0.0584. The number of nitrogens with one attached hydrogen (secondary N) is 1. The van der Waals surface area contributed by atoms with Gasteiger partial charge in [-0.15, -0.1) is 0 Å². The minimum atomic E-state index is -0.197. The highest BCUT2D eigenvalue weighted by Gasteiger charge is 2.37. The molecular weight excluding hydrogens is 348 g/mol. The summed E-state index contributed by atoms with van der Waals surface area (Å²) in [6.45, 7) is 0.481. The molecule has 0 atom stereocenters. The molecule has 4 rings (SSSR count). The van der Waals surface area contributed by atoms with E-state index in [1.54, 1.807) is 11.9 Å². The number of nitrogens with zero attached hydrogens (tertiary/aromatic N) is 3. The molecule has 6 amide bonds. The predicted molar refractivity (Wildman–Crippen MR) is 98.9 cm³/mol. The molecule has 2 aliphatic heterocycles. The molecule has 0 unspecified atom stereocenters. The fourth-order valence-electron chi connectivity index (χ4n) is 4.44. The molecule has 8 nitrogen and oxygen atoms in total. The van der Waals surface area contributed by atoms with Gasteiger partial charge in [-0.25, -0.2) is 9.59 Å². The van der Waals surface area contributed by atoms with Gasteiger partial charge in [-0.05, 0) is 25.7 Å². The average molecular weight is 378 g/mol. The molecule has 27 heavy (non-hydrogen) atoms. The van der Waals surface area contributed by atoms with Crippen molar-refractivity contribution in [3.8, 4) is 0 Å². The monoisotopic (exact) mass is 378 g/mol. The van der Waals surface area contributed by atoms with Crippen LogP contribution in [0.4, 0.5) is 9.59 Å². The SMILES string of the molecule is CN1C(=O)CN(C2CCCCC2)C1=O.O=C1CNC(=O)N1C1CCCCC1. The van der Waals surface area contributed by atoms with Crippen molar-refractivity contribution in [3.05, 3.63) is 0 Å². The maximum atomic E-state index is 11.6. The lowest BCUT2D eigenvalue weighted by atomic mass is 9.94. The van der Waals surface area contributed by atoms with E-state index in [0.29, 0.717) is 12.6 Å². The molecule has 2 aliphatic carbocycles. The molecule has 1 N–H and O–H groups in total. The molecule has 0 radical (unpaired) electrons. The molecule has 150 valence electrons. The van der Waals surface area contributed by atoms with Crippen LogP contribution in [0.1, 0.15) is 64.2 Å². The summed E-state index contributed by atoms with van der Waals surface area (Å²) >= 11 is 0. The van der Waals surface area contributed by atoms with Crippen molar-refractivity contribution in [3.63, 3.8) is 0 Å². The summed E-state index contributed by atoms with van der Waals surface area (Å²) in [5.41, 5.74) is 0. The molecule has 0 aromatic rings. The first-order valence-corrected chi connectivity index (χ1v) is 10.2. The van der Waals surface area contributed by atoms with Crippen LogP contribution in [0.5, 0.6) is 0 Å². The molecule has 4 aliphatic rings. The maximum absolute atomic E-state index is 11.6. The van der Waals surface area contributed by atoms with E-state index in [4.69, 9.17) is 0 Å². The van der Waals surface area contributed by atoms with Gasteiger partial charge in [-0.3, -0.25) is 19.4 Å². The summed E-state index contributed by atoms with van der Waals surface area (Å²) in [7, 11) is 1.56. The third-order valence-corrected chi connectivity index (χ3v) is 6.05. The Kier molecular flexibility index (Phi) is 6.34. The van der Waals surface area contributed by atoms with Crippen molar-refractivity contribution in [2.75, 3.05) is 20.1 Å². The summed E-state index contributed by atoms with van der Waals surface area (Å²) < 4.78 is 0. The molecule has 0 aromatic carbocycles. The Morgan fingerprint density at radius 3 is 1.78 bits per heavy atom. The van der Waals surface area contributed by atoms with Crippen molar-refractivity contribution in [2.24, 2.45) is 0 Å². The van der Waals surface area contributed by atoms with Gasteiger partial charge in [-0.2, -0.15) is 0 Å². The van der Waals surface area contributed by atoms with E-state index >= 15 is 0 Å². The van der Waals surface area contributed by atoms with Gasteiger partial charge in [0.25, 0.3) is 0 Å². The van der Waals surface area contributed by atoms with Crippen LogP contribution in [0.25, 0.3) is 0 Å². The smallest absolute Gasteiger partial charge is 0.327 e. The second-order valence-corrected chi connectivity index (χ2v) is 7.87. The van der Waals surface area contributed by atoms with Crippen LogP contribution in [0, 0.1) is 0 Å². The summed E-state index contributed by atoms with van der Waals surface area (Å²) in [4.78, 5) is 49.9. The van der Waals surface area contributed by atoms with Crippen LogP contribution >= 0.6 is 0 Å². The molecule has 0 aromatic heterocycles. The summed E-state index contributed by atoms with van der Waals surface area (Å²) in [6, 6.07) is 0.174. The van der Waals surface area contributed by atoms with Gasteiger partial charge in [0.2, 0.25) is 11.8 Å². The molecule has 0 bridgehead atoms. The lowest BCUT2D eigenvalue weighted by Crippen LogP contribution is -2.41. The van der Waals surface area contributed by atoms with Crippen LogP contribution in [0.2, 0.25) is 0 Å². The number of imide groups is 2. The number of carbonyl (C=O) groups excluding carboxylic acids is 4. The van der Waals surface area contributed by atoms with Gasteiger partial charge in [0.1, 0.15) is 6.54 Å². The van der Waals surface area contributed by atoms with E-state index in [9.17, 15) is 19.2 Å². The molecule has 2 saturated carbocycles. The highest BCUT2D eigenvalue weighted by atomic mass is 16.2. The van der Waals surface area contributed by atoms with Gasteiger partial charge in [0, 0.05) is 19.1 Å². The summed E-state index contributed by atoms with van der Waals surface area (Å²) in [5, 5.41) is 2.55. The van der Waals surface area contributed by atoms with Crippen molar-refractivity contribution in [1.29, 1.82) is 0 Å². The lowest BCUT2D eigenvalue weighted by molar-refractivity contribution is -0.127. The minimum Gasteiger partial charge on any atom is -0.329 e. The standard InChI is InChI=1S/C10H16N2O2.C9H14N2O2/c1-11-9(13)7-12(10(11)14)8-5-3-2-4-6-8;12-8-6-10-9(13)11(8)7-4-2-1-3-5-7/h8H,2-7H2,1H3;7H,1-6H2,(H,10,13). The molecular formula is C19H30N4O4. The number of urea groups is 2. The predicted octanol–water partition coefficient (Wildman–Crippen LogP) is 2.08. The first kappa shape index (κ1) is 19.6. The van der Waals surface area contributed by atoms with Gasteiger partial charge >= 0.3 is 12.1 Å². The number of carbonyl (C=O) groups is 4. The zero-order chi connectivity index (χ0) is 19.4. The maximum Gasteiger partial charge on any atom is 0.327 e. The number of amides is 6. The van der Waals surface area contributed by atoms with E-state index in [0.717, 1.165) is 38.5 Å². The van der Waals surface area contributed by atoms with Crippen molar-refractivity contribution < 1.29 is 19.2 Å². The Labute approximate surface area is 160 Å². The Bertz CT molecular complexity index is 581. The number of likely N-dealkylation sites (N-methyl/N-ethyl adjacent to an activating group) is 1. The van der Waals surface area contributed by atoms with E-state index in [1.807, 2.05) is 0 Å². The van der Waals surface area contributed by atoms with Crippen LogP contribution in [0.3, 0.4) is 0 Å². The largest absolute Gasteiger partial charge is 0.329 e. The summed E-state index contributed by atoms with van der Waals surface area (Å²) in [5.74, 6) is -0.127. The number of rotatable bonds is 2. The lowest BCUT2D eigenvalue weighted by Gasteiger charge is -2.29. The Balaban J connectivity index is 0.000000156. The van der Waals surface area contributed by atoms with Gasteiger partial charge in [-0.1, -0.05) is 38.5 Å². The molecule has 2 heterocycles. The van der Waals surface area contributed by atoms with Crippen LogP contribution < -0.4 is 5.32 Å². The van der Waals surface area contributed by atoms with Crippen molar-refractivity contribution >= 4 is 23.9 Å². The highest BCUT2D eigenvalue weighted by molar-refractivity contribution is 6.02. The van der Waals surface area contributed by atoms with E-state index in [-0.39, 0.29) is 36.5 Å². The fraction of sp³-hybridized carbons (Fsp3) is 0.789. The van der Waals surface area contributed by atoms with Crippen LogP contribution in [-0.2, 0) is 9.59 Å². The first-order valence-electron chi connectivity index (χ1n) is 10.2. The quantitative estimate of drug-likeness (QED) is 0.745. The fourth-order valence-corrected chi connectivity index (χ4v) is 4.44. The molecule has 2 saturated heterocycles. The van der Waals surface area contributed by atoms with Crippen LogP contribution in [0.15, 0.2) is 0 Å². The summed E-state index contributed by atoms with van der Waals surface area (Å²) in [6.07, 6.45) is 11.3. The Morgan fingerprint density at radius 1 is 0.778 bits per heavy atom. The zero-order valence-electron chi connectivity index (χ0n) is 16.1. The van der Waals surface area contributed by atoms with E-state index in [1.165, 1.54) is 35.5 Å². The van der Waals surface area contributed by atoms with Crippen molar-refractivity contribution in [2.45, 2.75) is 76.3 Å². The first-order chi connectivity index (χ1) is 13.0. The third-order valence-electron chi connectivity index (χ3n) is 6.05. The normalized spacial score (nSPS) is 25.0. The average Bonchev–Trinajstić information content (AvgIpc) is 3.17. The Hall–Kier alpha value is -2.12. The molecule has 0 spiro atoms. The topological polar surface area (TPSA) is 90.0 Å². The van der Waals surface area contributed by atoms with E-state index in [2.05, 4.69) is 5.32 Å². The zero-order valence-corrected chi connectivity index (χ0v) is 16.1. The molecule has 8 heteroatoms. The second-order valence-electron chi connectivity index (χ2n) is 7.87. The van der Waals surface area contributed by atoms with Gasteiger partial charge in [0.05, 0.1) is 6.54 Å². The second kappa shape index (κ2) is 8.71. The van der Waals surface area contributed by atoms with Crippen LogP contribution in [-0.4, -0.2) is 70.8 Å². The molecule has 4 fully saturated rings. The number of hydrogen-bond donors (Lipinski definition) is 1. The van der Waals surface area contributed by atoms with Crippen molar-refractivity contribution in [1.82, 2.24) is 20.0 Å².